The Hall–Kier alpha value is -3.68. The average molecular weight is 455 g/mol. The van der Waals surface area contributed by atoms with Gasteiger partial charge in [-0.2, -0.15) is 14.8 Å². The number of amides is 2. The number of likely N-dealkylation sites (tertiary alicyclic amines) is 1. The summed E-state index contributed by atoms with van der Waals surface area (Å²) in [6.45, 7) is 2.70. The third-order valence-corrected chi connectivity index (χ3v) is 6.39. The van der Waals surface area contributed by atoms with E-state index in [1.54, 1.807) is 9.58 Å². The Morgan fingerprint density at radius 2 is 2.15 bits per heavy atom. The number of hydrogen-bond donors (Lipinski definition) is 2. The number of nitrogens with zero attached hydrogens (tertiary/aromatic N) is 5. The summed E-state index contributed by atoms with van der Waals surface area (Å²) in [6, 6.07) is 4.90. The van der Waals surface area contributed by atoms with E-state index in [0.29, 0.717) is 37.5 Å². The van der Waals surface area contributed by atoms with Crippen LogP contribution in [-0.4, -0.2) is 50.9 Å². The molecule has 3 heterocycles. The fourth-order valence-corrected chi connectivity index (χ4v) is 4.14. The highest BCUT2D eigenvalue weighted by atomic mass is 19.1. The van der Waals surface area contributed by atoms with Crippen LogP contribution in [0, 0.1) is 23.2 Å². The Labute approximate surface area is 190 Å². The summed E-state index contributed by atoms with van der Waals surface area (Å²) in [5.74, 6) is -0.783. The van der Waals surface area contributed by atoms with Gasteiger partial charge in [0, 0.05) is 37.2 Å². The molecule has 11 heteroatoms. The molecule has 1 saturated carbocycles. The number of ether oxygens (including phenoxy) is 1. The number of carbonyl (C=O) groups excluding carboxylic acids is 2. The van der Waals surface area contributed by atoms with Crippen molar-refractivity contribution in [1.29, 1.82) is 5.26 Å². The molecule has 2 aromatic rings. The van der Waals surface area contributed by atoms with Crippen molar-refractivity contribution in [2.45, 2.75) is 50.7 Å². The first kappa shape index (κ1) is 22.5. The second-order valence-electron chi connectivity index (χ2n) is 8.67. The number of hydrogen-bond acceptors (Lipinski definition) is 7. The minimum absolute atomic E-state index is 0.0980. The van der Waals surface area contributed by atoms with Crippen LogP contribution in [0.1, 0.15) is 49.4 Å². The highest BCUT2D eigenvalue weighted by Crippen LogP contribution is 2.37. The third-order valence-electron chi connectivity index (χ3n) is 6.39. The fourth-order valence-electron chi connectivity index (χ4n) is 4.14. The van der Waals surface area contributed by atoms with Crippen molar-refractivity contribution < 1.29 is 18.7 Å². The SMILES string of the molecule is C[C@H](OC(=O)N1CCC(CC#N)(n2cc(C(N)=O)c(Nc3ccnc(F)c3)n2)CC1)C1CC1. The largest absolute Gasteiger partial charge is 0.446 e. The predicted molar refractivity (Wildman–Crippen MR) is 116 cm³/mol. The van der Waals surface area contributed by atoms with Crippen molar-refractivity contribution in [2.75, 3.05) is 18.4 Å². The molecule has 2 fully saturated rings. The lowest BCUT2D eigenvalue weighted by atomic mass is 9.85. The lowest BCUT2D eigenvalue weighted by Crippen LogP contribution is -2.48. The molecule has 0 radical (unpaired) electrons. The molecular weight excluding hydrogens is 429 g/mol. The summed E-state index contributed by atoms with van der Waals surface area (Å²) in [6.07, 6.45) is 5.56. The molecule has 1 aliphatic heterocycles. The zero-order valence-electron chi connectivity index (χ0n) is 18.3. The van der Waals surface area contributed by atoms with Gasteiger partial charge in [-0.1, -0.05) is 0 Å². The summed E-state index contributed by atoms with van der Waals surface area (Å²) < 4.78 is 20.6. The number of anilines is 2. The standard InChI is InChI=1S/C22H26FN7O3/c1-14(15-2-3-15)33-21(32)29-10-6-22(5-8-24,7-11-29)30-13-17(19(25)31)20(28-30)27-16-4-9-26-18(23)12-16/h4,9,12-15H,2-3,5-7,10-11H2,1H3,(H2,25,31)(H,26,27,28)/t14-/m0/s1. The lowest BCUT2D eigenvalue weighted by Gasteiger charge is -2.40. The van der Waals surface area contributed by atoms with Crippen LogP contribution in [0.15, 0.2) is 24.5 Å². The van der Waals surface area contributed by atoms with E-state index in [4.69, 9.17) is 10.5 Å². The molecule has 1 aliphatic carbocycles. The lowest BCUT2D eigenvalue weighted by molar-refractivity contribution is 0.0384. The van der Waals surface area contributed by atoms with Crippen LogP contribution in [0.3, 0.4) is 0 Å². The maximum Gasteiger partial charge on any atom is 0.410 e. The number of piperidine rings is 1. The minimum atomic E-state index is -0.721. The van der Waals surface area contributed by atoms with E-state index in [2.05, 4.69) is 21.5 Å². The van der Waals surface area contributed by atoms with Gasteiger partial charge in [0.1, 0.15) is 11.7 Å². The minimum Gasteiger partial charge on any atom is -0.446 e. The molecule has 0 bridgehead atoms. The second kappa shape index (κ2) is 9.05. The normalized spacial score (nSPS) is 18.3. The van der Waals surface area contributed by atoms with Gasteiger partial charge in [0.25, 0.3) is 5.91 Å². The Morgan fingerprint density at radius 1 is 1.42 bits per heavy atom. The van der Waals surface area contributed by atoms with Crippen LogP contribution in [0.2, 0.25) is 0 Å². The monoisotopic (exact) mass is 455 g/mol. The van der Waals surface area contributed by atoms with Crippen molar-refractivity contribution in [3.8, 4) is 6.07 Å². The van der Waals surface area contributed by atoms with Gasteiger partial charge in [0.05, 0.1) is 18.0 Å². The van der Waals surface area contributed by atoms with Crippen LogP contribution < -0.4 is 11.1 Å². The van der Waals surface area contributed by atoms with Crippen LogP contribution in [-0.2, 0) is 10.3 Å². The Kier molecular flexibility index (Phi) is 6.18. The van der Waals surface area contributed by atoms with E-state index in [0.717, 1.165) is 12.8 Å². The van der Waals surface area contributed by atoms with Gasteiger partial charge in [-0.25, -0.2) is 9.78 Å². The Bertz CT molecular complexity index is 1080. The zero-order valence-corrected chi connectivity index (χ0v) is 18.3. The molecule has 2 aromatic heterocycles. The molecule has 33 heavy (non-hydrogen) atoms. The van der Waals surface area contributed by atoms with Gasteiger partial charge in [-0.15, -0.1) is 0 Å². The molecule has 2 aliphatic rings. The molecule has 1 saturated heterocycles. The average Bonchev–Trinajstić information content (AvgIpc) is 3.54. The molecule has 1 atom stereocenters. The van der Waals surface area contributed by atoms with Crippen molar-refractivity contribution in [2.24, 2.45) is 11.7 Å². The quantitative estimate of drug-likeness (QED) is 0.612. The van der Waals surface area contributed by atoms with Crippen molar-refractivity contribution in [3.63, 3.8) is 0 Å². The summed E-state index contributed by atoms with van der Waals surface area (Å²) >= 11 is 0. The molecule has 174 valence electrons. The smallest absolute Gasteiger partial charge is 0.410 e. The van der Waals surface area contributed by atoms with Crippen molar-refractivity contribution >= 4 is 23.5 Å². The van der Waals surface area contributed by atoms with Gasteiger partial charge in [0.15, 0.2) is 5.82 Å². The Morgan fingerprint density at radius 3 is 2.76 bits per heavy atom. The molecule has 10 nitrogen and oxygen atoms in total. The molecule has 0 unspecified atom stereocenters. The van der Waals surface area contributed by atoms with Crippen LogP contribution in [0.5, 0.6) is 0 Å². The van der Waals surface area contributed by atoms with E-state index < -0.39 is 17.4 Å². The number of aromatic nitrogens is 3. The van der Waals surface area contributed by atoms with E-state index in [-0.39, 0.29) is 30.0 Å². The summed E-state index contributed by atoms with van der Waals surface area (Å²) in [4.78, 5) is 29.7. The van der Waals surface area contributed by atoms with Crippen LogP contribution in [0.25, 0.3) is 0 Å². The predicted octanol–water partition coefficient (Wildman–Crippen LogP) is 2.90. The van der Waals surface area contributed by atoms with Gasteiger partial charge in [-0.3, -0.25) is 9.48 Å². The first-order valence-electron chi connectivity index (χ1n) is 10.9. The molecular formula is C22H26FN7O3. The van der Waals surface area contributed by atoms with Crippen LogP contribution in [0.4, 0.5) is 20.7 Å². The van der Waals surface area contributed by atoms with Crippen molar-refractivity contribution in [3.05, 3.63) is 36.0 Å². The number of primary amides is 1. The number of rotatable bonds is 7. The number of pyridine rings is 1. The highest BCUT2D eigenvalue weighted by Gasteiger charge is 2.40. The first-order valence-corrected chi connectivity index (χ1v) is 10.9. The van der Waals surface area contributed by atoms with E-state index >= 15 is 0 Å². The number of carbonyl (C=O) groups is 2. The number of nitriles is 1. The van der Waals surface area contributed by atoms with E-state index in [1.807, 2.05) is 6.92 Å². The third kappa shape index (κ3) is 4.89. The zero-order chi connectivity index (χ0) is 23.6. The molecule has 4 rings (SSSR count). The molecule has 0 aromatic carbocycles. The molecule has 0 spiro atoms. The van der Waals surface area contributed by atoms with Crippen LogP contribution >= 0.6 is 0 Å². The second-order valence-corrected chi connectivity index (χ2v) is 8.67. The van der Waals surface area contributed by atoms with E-state index in [1.165, 1.54) is 24.5 Å². The number of halogens is 1. The highest BCUT2D eigenvalue weighted by molar-refractivity contribution is 5.98. The van der Waals surface area contributed by atoms with Crippen molar-refractivity contribution in [1.82, 2.24) is 19.7 Å². The maximum absolute atomic E-state index is 13.5. The molecule has 2 amide bonds. The summed E-state index contributed by atoms with van der Waals surface area (Å²) in [5, 5.41) is 16.9. The number of nitrogens with two attached hydrogens (primary N) is 1. The summed E-state index contributed by atoms with van der Waals surface area (Å²) in [5.41, 5.74) is 5.29. The number of nitrogens with one attached hydrogen (secondary N) is 1. The van der Waals surface area contributed by atoms with E-state index in [9.17, 15) is 19.2 Å². The fraction of sp³-hybridized carbons (Fsp3) is 0.500. The van der Waals surface area contributed by atoms with Gasteiger partial charge in [-0.05, 0) is 44.6 Å². The Balaban J connectivity index is 1.53. The molecule has 3 N–H and O–H groups in total. The maximum atomic E-state index is 13.5. The summed E-state index contributed by atoms with van der Waals surface area (Å²) in [7, 11) is 0. The van der Waals surface area contributed by atoms with Gasteiger partial charge < -0.3 is 20.7 Å². The first-order chi connectivity index (χ1) is 15.8. The van der Waals surface area contributed by atoms with Gasteiger partial charge >= 0.3 is 6.09 Å². The van der Waals surface area contributed by atoms with Gasteiger partial charge in [0.2, 0.25) is 5.95 Å². The topological polar surface area (TPSA) is 139 Å².